The van der Waals surface area contributed by atoms with Gasteiger partial charge in [-0.25, -0.2) is 4.79 Å². The molecule has 5 aromatic rings. The van der Waals surface area contributed by atoms with Crippen LogP contribution in [0, 0.1) is 11.3 Å². The van der Waals surface area contributed by atoms with Crippen molar-refractivity contribution < 1.29 is 0 Å². The Labute approximate surface area is 177 Å². The zero-order valence-corrected chi connectivity index (χ0v) is 17.4. The van der Waals surface area contributed by atoms with Crippen LogP contribution in [0.5, 0.6) is 0 Å². The minimum absolute atomic E-state index is 0. The molecule has 0 aliphatic heterocycles. The van der Waals surface area contributed by atoms with E-state index >= 15 is 0 Å². The molecule has 5 rings (SSSR count). The molecule has 2 heterocycles. The van der Waals surface area contributed by atoms with Crippen molar-refractivity contribution in [2.75, 3.05) is 20.6 Å². The van der Waals surface area contributed by atoms with E-state index in [9.17, 15) is 14.9 Å². The van der Waals surface area contributed by atoms with Crippen molar-refractivity contribution in [1.29, 1.82) is 5.26 Å². The molecule has 0 radical (unpaired) electrons. The summed E-state index contributed by atoms with van der Waals surface area (Å²) in [6, 6.07) is 17.1. The molecule has 3 aromatic carbocycles. The zero-order valence-electron chi connectivity index (χ0n) is 16.5. The monoisotopic (exact) mass is 418 g/mol. The lowest BCUT2D eigenvalue weighted by molar-refractivity contribution is 0.376. The molecule has 150 valence electrons. The fraction of sp³-hybridized carbons (Fsp3) is 0.174. The fourth-order valence-corrected chi connectivity index (χ4v) is 4.19. The summed E-state index contributed by atoms with van der Waals surface area (Å²) in [4.78, 5) is 28.4. The first-order chi connectivity index (χ1) is 14.0. The van der Waals surface area contributed by atoms with Crippen LogP contribution in [0.4, 0.5) is 0 Å². The van der Waals surface area contributed by atoms with Crippen LogP contribution in [0.2, 0.25) is 0 Å². The molecule has 2 aromatic heterocycles. The van der Waals surface area contributed by atoms with Gasteiger partial charge in [-0.15, -0.1) is 12.4 Å². The van der Waals surface area contributed by atoms with Crippen molar-refractivity contribution in [3.63, 3.8) is 0 Å². The van der Waals surface area contributed by atoms with E-state index in [1.54, 1.807) is 16.5 Å². The quantitative estimate of drug-likeness (QED) is 0.451. The standard InChI is InChI=1S/C23H18N4O2.ClH/c1-25(2)10-11-26-22(28)18-5-3-4-17-20-16-8-6-14(13-24)12-15(16)7-9-19(20)27(21(17)18)23(26)29;/h3-9,12H,10-11H2,1-2H3;1H. The summed E-state index contributed by atoms with van der Waals surface area (Å²) >= 11 is 0. The van der Waals surface area contributed by atoms with Crippen LogP contribution < -0.4 is 11.2 Å². The zero-order chi connectivity index (χ0) is 20.3. The maximum atomic E-state index is 13.3. The van der Waals surface area contributed by atoms with Crippen molar-refractivity contribution >= 4 is 50.4 Å². The molecule has 0 unspecified atom stereocenters. The van der Waals surface area contributed by atoms with Gasteiger partial charge in [0.2, 0.25) is 0 Å². The van der Waals surface area contributed by atoms with E-state index in [4.69, 9.17) is 0 Å². The Kier molecular flexibility index (Phi) is 4.73. The van der Waals surface area contributed by atoms with Gasteiger partial charge in [-0.3, -0.25) is 13.8 Å². The van der Waals surface area contributed by atoms with E-state index in [0.717, 1.165) is 27.1 Å². The second-order valence-corrected chi connectivity index (χ2v) is 7.59. The molecular formula is C23H19ClN4O2. The average Bonchev–Trinajstić information content (AvgIpc) is 3.07. The van der Waals surface area contributed by atoms with Crippen LogP contribution in [0.1, 0.15) is 5.56 Å². The highest BCUT2D eigenvalue weighted by Crippen LogP contribution is 2.35. The molecule has 0 N–H and O–H groups in total. The molecule has 0 saturated carbocycles. The maximum absolute atomic E-state index is 13.3. The largest absolute Gasteiger partial charge is 0.336 e. The Hall–Kier alpha value is -3.40. The number of hydrogen-bond acceptors (Lipinski definition) is 4. The highest BCUT2D eigenvalue weighted by molar-refractivity contribution is 6.23. The molecule has 6 nitrogen and oxygen atoms in total. The average molecular weight is 419 g/mol. The number of halogens is 1. The Bertz CT molecular complexity index is 1590. The number of nitriles is 1. The predicted octanol–water partition coefficient (Wildman–Crippen LogP) is 3.21. The smallest absolute Gasteiger partial charge is 0.308 e. The van der Waals surface area contributed by atoms with Gasteiger partial charge in [0, 0.05) is 23.9 Å². The van der Waals surface area contributed by atoms with Crippen LogP contribution in [-0.4, -0.2) is 34.5 Å². The number of likely N-dealkylation sites (N-methyl/N-ethyl adjacent to an activating group) is 1. The number of para-hydroxylation sites is 1. The van der Waals surface area contributed by atoms with Gasteiger partial charge in [0.25, 0.3) is 5.56 Å². The van der Waals surface area contributed by atoms with E-state index in [1.807, 2.05) is 55.4 Å². The minimum atomic E-state index is -0.316. The van der Waals surface area contributed by atoms with E-state index < -0.39 is 0 Å². The summed E-state index contributed by atoms with van der Waals surface area (Å²) < 4.78 is 2.99. The molecule has 0 aliphatic carbocycles. The van der Waals surface area contributed by atoms with Gasteiger partial charge in [0.05, 0.1) is 28.1 Å². The number of fused-ring (bicyclic) bond motifs is 5. The lowest BCUT2D eigenvalue weighted by atomic mass is 10.0. The lowest BCUT2D eigenvalue weighted by Crippen LogP contribution is -2.39. The van der Waals surface area contributed by atoms with Crippen molar-refractivity contribution in [3.05, 3.63) is 74.9 Å². The molecule has 0 aliphatic rings. The summed E-state index contributed by atoms with van der Waals surface area (Å²) in [6.07, 6.45) is 0. The van der Waals surface area contributed by atoms with Gasteiger partial charge >= 0.3 is 5.69 Å². The SMILES string of the molecule is CN(C)CCn1c(=O)c2cccc3c4c5ccc(C#N)cc5ccc4n(c1=O)c23.Cl. The summed E-state index contributed by atoms with van der Waals surface area (Å²) in [7, 11) is 3.83. The Morgan fingerprint density at radius 3 is 2.50 bits per heavy atom. The number of aromatic nitrogens is 2. The highest BCUT2D eigenvalue weighted by atomic mass is 35.5. The Morgan fingerprint density at radius 2 is 1.77 bits per heavy atom. The molecule has 0 fully saturated rings. The first kappa shape index (κ1) is 19.9. The van der Waals surface area contributed by atoms with Gasteiger partial charge < -0.3 is 4.90 Å². The number of benzene rings is 3. The maximum Gasteiger partial charge on any atom is 0.336 e. The third-order valence-electron chi connectivity index (χ3n) is 5.57. The van der Waals surface area contributed by atoms with E-state index in [2.05, 4.69) is 6.07 Å². The molecule has 7 heteroatoms. The topological polar surface area (TPSA) is 70.5 Å². The summed E-state index contributed by atoms with van der Waals surface area (Å²) in [5, 5.41) is 13.4. The van der Waals surface area contributed by atoms with Gasteiger partial charge in [-0.05, 0) is 49.1 Å². The highest BCUT2D eigenvalue weighted by Gasteiger charge is 2.19. The molecule has 0 spiro atoms. The molecule has 0 saturated heterocycles. The normalized spacial score (nSPS) is 11.5. The van der Waals surface area contributed by atoms with Crippen LogP contribution in [0.25, 0.3) is 38.0 Å². The summed E-state index contributed by atoms with van der Waals surface area (Å²) in [6.45, 7) is 0.932. The van der Waals surface area contributed by atoms with Crippen molar-refractivity contribution in [1.82, 2.24) is 13.9 Å². The van der Waals surface area contributed by atoms with Gasteiger partial charge in [0.15, 0.2) is 0 Å². The second kappa shape index (κ2) is 7.13. The van der Waals surface area contributed by atoms with E-state index in [-0.39, 0.29) is 23.7 Å². The van der Waals surface area contributed by atoms with Crippen LogP contribution in [-0.2, 0) is 6.54 Å². The van der Waals surface area contributed by atoms with Gasteiger partial charge in [-0.1, -0.05) is 24.3 Å². The fourth-order valence-electron chi connectivity index (χ4n) is 4.19. The first-order valence-electron chi connectivity index (χ1n) is 9.42. The molecule has 0 bridgehead atoms. The van der Waals surface area contributed by atoms with Crippen molar-refractivity contribution in [2.24, 2.45) is 0 Å². The van der Waals surface area contributed by atoms with Crippen LogP contribution in [0.3, 0.4) is 0 Å². The summed E-state index contributed by atoms with van der Waals surface area (Å²) in [5.41, 5.74) is 1.46. The number of nitrogens with zero attached hydrogens (tertiary/aromatic N) is 4. The van der Waals surface area contributed by atoms with Crippen molar-refractivity contribution in [2.45, 2.75) is 6.54 Å². The van der Waals surface area contributed by atoms with Gasteiger partial charge in [-0.2, -0.15) is 5.26 Å². The molecule has 30 heavy (non-hydrogen) atoms. The third kappa shape index (κ3) is 2.67. The van der Waals surface area contributed by atoms with Crippen LogP contribution in [0.15, 0.2) is 58.1 Å². The molecular weight excluding hydrogens is 400 g/mol. The first-order valence-corrected chi connectivity index (χ1v) is 9.42. The third-order valence-corrected chi connectivity index (χ3v) is 5.57. The Balaban J connectivity index is 0.00000218. The number of hydrogen-bond donors (Lipinski definition) is 0. The van der Waals surface area contributed by atoms with Crippen molar-refractivity contribution in [3.8, 4) is 6.07 Å². The van der Waals surface area contributed by atoms with E-state index in [0.29, 0.717) is 29.6 Å². The lowest BCUT2D eigenvalue weighted by Gasteiger charge is -2.12. The summed E-state index contributed by atoms with van der Waals surface area (Å²) in [5.74, 6) is 0. The molecule has 0 amide bonds. The minimum Gasteiger partial charge on any atom is -0.308 e. The predicted molar refractivity (Wildman–Crippen MR) is 122 cm³/mol. The second-order valence-electron chi connectivity index (χ2n) is 7.59. The number of rotatable bonds is 3. The Morgan fingerprint density at radius 1 is 1.00 bits per heavy atom. The van der Waals surface area contributed by atoms with Crippen LogP contribution >= 0.6 is 12.4 Å². The van der Waals surface area contributed by atoms with Gasteiger partial charge in [0.1, 0.15) is 0 Å². The molecule has 0 atom stereocenters. The van der Waals surface area contributed by atoms with E-state index in [1.165, 1.54) is 4.57 Å².